The number of phenols is 1. The van der Waals surface area contributed by atoms with Crippen LogP contribution < -0.4 is 0 Å². The number of benzene rings is 2. The molecule has 0 spiro atoms. The predicted octanol–water partition coefficient (Wildman–Crippen LogP) is 1.93. The molecule has 0 atom stereocenters. The van der Waals surface area contributed by atoms with Crippen molar-refractivity contribution in [2.24, 2.45) is 0 Å². The summed E-state index contributed by atoms with van der Waals surface area (Å²) in [6.45, 7) is 0. The first kappa shape index (κ1) is 8.91. The number of nitrogens with zero attached hydrogens (tertiary/aromatic N) is 3. The molecule has 4 heteroatoms. The van der Waals surface area contributed by atoms with Crippen molar-refractivity contribution < 1.29 is 5.11 Å². The van der Waals surface area contributed by atoms with Gasteiger partial charge in [0, 0.05) is 12.1 Å². The lowest BCUT2D eigenvalue weighted by atomic mass is 10.3. The van der Waals surface area contributed by atoms with Crippen molar-refractivity contribution in [3.63, 3.8) is 0 Å². The number of aromatic hydroxyl groups is 1. The van der Waals surface area contributed by atoms with E-state index in [2.05, 4.69) is 16.4 Å². The van der Waals surface area contributed by atoms with E-state index < -0.39 is 0 Å². The lowest BCUT2D eigenvalue weighted by molar-refractivity contribution is 0.473. The highest BCUT2D eigenvalue weighted by Crippen LogP contribution is 2.18. The Morgan fingerprint density at radius 2 is 2.06 bits per heavy atom. The van der Waals surface area contributed by atoms with Crippen LogP contribution in [0.4, 0.5) is 0 Å². The van der Waals surface area contributed by atoms with Gasteiger partial charge in [-0.15, -0.1) is 5.10 Å². The summed E-state index contributed by atoms with van der Waals surface area (Å²) in [4.78, 5) is 0. The molecule has 3 aromatic rings. The summed E-state index contributed by atoms with van der Waals surface area (Å²) in [5.74, 6) is 0.0945. The standard InChI is InChI=1S/C12H8N3O/c16-10-5-3-4-9(8-10)15-12-7-2-1-6-11(12)13-14-15/h1-4,6-8,16H. The van der Waals surface area contributed by atoms with E-state index in [0.29, 0.717) is 0 Å². The molecule has 2 aromatic carbocycles. The van der Waals surface area contributed by atoms with Gasteiger partial charge in [-0.2, -0.15) is 0 Å². The summed E-state index contributed by atoms with van der Waals surface area (Å²) in [5, 5.41) is 17.5. The fourth-order valence-electron chi connectivity index (χ4n) is 1.63. The second kappa shape index (κ2) is 3.34. The number of phenolic OH excluding ortho intramolecular Hbond substituents is 1. The molecule has 1 heterocycles. The third kappa shape index (κ3) is 1.32. The number of para-hydroxylation sites is 1. The van der Waals surface area contributed by atoms with Gasteiger partial charge in [0.25, 0.3) is 0 Å². The average Bonchev–Trinajstić information content (AvgIpc) is 2.72. The van der Waals surface area contributed by atoms with Crippen molar-refractivity contribution in [3.8, 4) is 11.4 Å². The molecule has 0 bridgehead atoms. The Labute approximate surface area is 91.8 Å². The van der Waals surface area contributed by atoms with Gasteiger partial charge in [-0.1, -0.05) is 17.3 Å². The van der Waals surface area contributed by atoms with Gasteiger partial charge in [0.05, 0.1) is 11.2 Å². The smallest absolute Gasteiger partial charge is 0.125 e. The second-order valence-electron chi connectivity index (χ2n) is 3.42. The third-order valence-electron chi connectivity index (χ3n) is 2.37. The summed E-state index contributed by atoms with van der Waals surface area (Å²) in [5.41, 5.74) is 2.51. The zero-order valence-corrected chi connectivity index (χ0v) is 8.33. The number of rotatable bonds is 1. The number of hydrogen-bond acceptors (Lipinski definition) is 3. The van der Waals surface area contributed by atoms with Gasteiger partial charge in [-0.05, 0) is 24.3 Å². The molecule has 0 aliphatic rings. The molecule has 1 radical (unpaired) electrons. The van der Waals surface area contributed by atoms with Gasteiger partial charge in [0.1, 0.15) is 11.3 Å². The molecule has 1 aromatic heterocycles. The van der Waals surface area contributed by atoms with E-state index in [1.807, 2.05) is 30.3 Å². The highest BCUT2D eigenvalue weighted by molar-refractivity contribution is 5.75. The first-order valence-electron chi connectivity index (χ1n) is 4.86. The van der Waals surface area contributed by atoms with Crippen LogP contribution in [0.25, 0.3) is 16.7 Å². The van der Waals surface area contributed by atoms with Gasteiger partial charge in [0.2, 0.25) is 0 Å². The quantitative estimate of drug-likeness (QED) is 0.667. The summed E-state index contributed by atoms with van der Waals surface area (Å²) >= 11 is 0. The molecule has 0 unspecified atom stereocenters. The van der Waals surface area contributed by atoms with Crippen LogP contribution in [-0.4, -0.2) is 20.1 Å². The average molecular weight is 210 g/mol. The molecule has 77 valence electrons. The number of fused-ring (bicyclic) bond motifs is 1. The monoisotopic (exact) mass is 210 g/mol. The van der Waals surface area contributed by atoms with Crippen molar-refractivity contribution in [2.45, 2.75) is 0 Å². The molecule has 0 amide bonds. The number of hydrogen-bond donors (Lipinski definition) is 1. The molecule has 0 saturated heterocycles. The van der Waals surface area contributed by atoms with Crippen molar-refractivity contribution in [1.29, 1.82) is 0 Å². The molecule has 3 rings (SSSR count). The second-order valence-corrected chi connectivity index (χ2v) is 3.42. The summed E-state index contributed by atoms with van der Waals surface area (Å²) < 4.78 is 1.68. The molecule has 4 nitrogen and oxygen atoms in total. The van der Waals surface area contributed by atoms with Crippen LogP contribution in [0.1, 0.15) is 0 Å². The van der Waals surface area contributed by atoms with Crippen LogP contribution in [0.3, 0.4) is 0 Å². The maximum atomic E-state index is 9.37. The molecule has 0 fully saturated rings. The maximum absolute atomic E-state index is 9.37. The summed E-state index contributed by atoms with van der Waals surface area (Å²) in [6, 6.07) is 15.4. The van der Waals surface area contributed by atoms with Crippen molar-refractivity contribution >= 4 is 11.0 Å². The third-order valence-corrected chi connectivity index (χ3v) is 2.37. The summed E-state index contributed by atoms with van der Waals surface area (Å²) in [6.07, 6.45) is 0. The van der Waals surface area contributed by atoms with Crippen molar-refractivity contribution in [2.75, 3.05) is 0 Å². The highest BCUT2D eigenvalue weighted by atomic mass is 16.3. The first-order chi connectivity index (χ1) is 7.84. The van der Waals surface area contributed by atoms with Gasteiger partial charge in [-0.3, -0.25) is 0 Å². The van der Waals surface area contributed by atoms with E-state index in [4.69, 9.17) is 0 Å². The zero-order valence-electron chi connectivity index (χ0n) is 8.33. The fourth-order valence-corrected chi connectivity index (χ4v) is 1.63. The zero-order chi connectivity index (χ0) is 11.0. The Morgan fingerprint density at radius 3 is 2.94 bits per heavy atom. The Morgan fingerprint density at radius 1 is 1.19 bits per heavy atom. The Bertz CT molecular complexity index is 645. The van der Waals surface area contributed by atoms with Crippen molar-refractivity contribution in [1.82, 2.24) is 15.0 Å². The van der Waals surface area contributed by atoms with Gasteiger partial charge in [0.15, 0.2) is 0 Å². The van der Waals surface area contributed by atoms with Crippen LogP contribution in [0.5, 0.6) is 5.75 Å². The molecule has 0 aliphatic carbocycles. The minimum atomic E-state index is 0.0945. The van der Waals surface area contributed by atoms with E-state index >= 15 is 0 Å². The van der Waals surface area contributed by atoms with E-state index in [-0.39, 0.29) is 5.75 Å². The topological polar surface area (TPSA) is 50.9 Å². The van der Waals surface area contributed by atoms with Crippen molar-refractivity contribution in [3.05, 3.63) is 48.5 Å². The van der Waals surface area contributed by atoms with Crippen LogP contribution in [0.2, 0.25) is 0 Å². The molecular weight excluding hydrogens is 202 g/mol. The van der Waals surface area contributed by atoms with Crippen LogP contribution >= 0.6 is 0 Å². The SMILES string of the molecule is Oc1[c]ccc(-n2nnc3ccccc32)c1. The summed E-state index contributed by atoms with van der Waals surface area (Å²) in [7, 11) is 0. The molecule has 0 aliphatic heterocycles. The van der Waals surface area contributed by atoms with E-state index in [1.54, 1.807) is 16.8 Å². The van der Waals surface area contributed by atoms with E-state index in [0.717, 1.165) is 16.7 Å². The highest BCUT2D eigenvalue weighted by Gasteiger charge is 2.05. The van der Waals surface area contributed by atoms with Gasteiger partial charge >= 0.3 is 0 Å². The normalized spacial score (nSPS) is 10.8. The predicted molar refractivity (Wildman–Crippen MR) is 59.4 cm³/mol. The minimum Gasteiger partial charge on any atom is -0.507 e. The molecule has 1 N–H and O–H groups in total. The largest absolute Gasteiger partial charge is 0.507 e. The Kier molecular flexibility index (Phi) is 1.86. The molecule has 0 saturated carbocycles. The van der Waals surface area contributed by atoms with Gasteiger partial charge < -0.3 is 5.11 Å². The van der Waals surface area contributed by atoms with Gasteiger partial charge in [-0.25, -0.2) is 4.68 Å². The van der Waals surface area contributed by atoms with Crippen LogP contribution in [0, 0.1) is 6.07 Å². The Balaban J connectivity index is 2.26. The molecular formula is C12H8N3O. The van der Waals surface area contributed by atoms with E-state index in [1.165, 1.54) is 0 Å². The fraction of sp³-hybridized carbons (Fsp3) is 0. The van der Waals surface area contributed by atoms with Crippen LogP contribution in [0.15, 0.2) is 42.5 Å². The Hall–Kier alpha value is -2.36. The van der Waals surface area contributed by atoms with Crippen LogP contribution in [-0.2, 0) is 0 Å². The maximum Gasteiger partial charge on any atom is 0.125 e. The number of aromatic nitrogens is 3. The molecule has 16 heavy (non-hydrogen) atoms. The lowest BCUT2D eigenvalue weighted by Gasteiger charge is -2.01. The van der Waals surface area contributed by atoms with E-state index in [9.17, 15) is 5.11 Å². The lowest BCUT2D eigenvalue weighted by Crippen LogP contribution is -1.95. The minimum absolute atomic E-state index is 0.0945. The first-order valence-corrected chi connectivity index (χ1v) is 4.86.